The van der Waals surface area contributed by atoms with Crippen molar-refractivity contribution < 1.29 is 14.3 Å². The molecule has 0 aromatic rings. The largest absolute Gasteiger partial charge is 0.465 e. The van der Waals surface area contributed by atoms with Crippen molar-refractivity contribution in [2.45, 2.75) is 33.1 Å². The van der Waals surface area contributed by atoms with Gasteiger partial charge in [-0.1, -0.05) is 19.1 Å². The molecule has 0 atom stereocenters. The minimum Gasteiger partial charge on any atom is -0.465 e. The van der Waals surface area contributed by atoms with Gasteiger partial charge in [0.25, 0.3) is 0 Å². The van der Waals surface area contributed by atoms with Gasteiger partial charge >= 0.3 is 5.97 Å². The molecule has 0 amide bonds. The van der Waals surface area contributed by atoms with E-state index in [9.17, 15) is 9.59 Å². The van der Waals surface area contributed by atoms with E-state index >= 15 is 0 Å². The number of allylic oxidation sites excluding steroid dienone is 1. The first-order valence-electron chi connectivity index (χ1n) is 4.47. The van der Waals surface area contributed by atoms with E-state index < -0.39 is 5.97 Å². The van der Waals surface area contributed by atoms with Crippen molar-refractivity contribution in [3.63, 3.8) is 0 Å². The summed E-state index contributed by atoms with van der Waals surface area (Å²) >= 11 is 0. The molecule has 0 aliphatic heterocycles. The Morgan fingerprint density at radius 1 is 1.31 bits per heavy atom. The van der Waals surface area contributed by atoms with Gasteiger partial charge in [-0.3, -0.25) is 9.59 Å². The number of hydrogen-bond acceptors (Lipinski definition) is 3. The summed E-state index contributed by atoms with van der Waals surface area (Å²) in [6, 6.07) is 0. The number of Topliss-reactive ketones (excluding diaryl/α,β-unsaturated/α-hetero) is 1. The lowest BCUT2D eigenvalue weighted by molar-refractivity contribution is -0.145. The molecule has 0 aliphatic carbocycles. The van der Waals surface area contributed by atoms with Crippen molar-refractivity contribution in [1.82, 2.24) is 0 Å². The summed E-state index contributed by atoms with van der Waals surface area (Å²) in [7, 11) is 0. The summed E-state index contributed by atoms with van der Waals surface area (Å²) in [5.74, 6) is -0.591. The lowest BCUT2D eigenvalue weighted by Crippen LogP contribution is -2.09. The van der Waals surface area contributed by atoms with Crippen LogP contribution >= 0.6 is 0 Å². The minimum absolute atomic E-state index is 0.114. The summed E-state index contributed by atoms with van der Waals surface area (Å²) in [5, 5.41) is 0. The molecule has 3 heteroatoms. The topological polar surface area (TPSA) is 43.4 Å². The molecule has 0 unspecified atom stereocenters. The summed E-state index contributed by atoms with van der Waals surface area (Å²) in [4.78, 5) is 21.3. The SMILES string of the molecule is CCC=CCCOC(=O)CC(C)=O. The standard InChI is InChI=1S/C10H16O3/c1-3-4-5-6-7-13-10(12)8-9(2)11/h4-5H,3,6-8H2,1-2H3. The van der Waals surface area contributed by atoms with E-state index in [4.69, 9.17) is 4.74 Å². The Labute approximate surface area is 78.8 Å². The number of esters is 1. The molecule has 0 aromatic heterocycles. The van der Waals surface area contributed by atoms with Gasteiger partial charge < -0.3 is 4.74 Å². The zero-order chi connectivity index (χ0) is 10.1. The van der Waals surface area contributed by atoms with Crippen LogP contribution < -0.4 is 0 Å². The fraction of sp³-hybridized carbons (Fsp3) is 0.600. The third-order valence-corrected chi connectivity index (χ3v) is 1.34. The Hall–Kier alpha value is -1.12. The van der Waals surface area contributed by atoms with Crippen molar-refractivity contribution >= 4 is 11.8 Å². The average molecular weight is 184 g/mol. The van der Waals surface area contributed by atoms with Gasteiger partial charge in [0.15, 0.2) is 0 Å². The molecule has 0 radical (unpaired) electrons. The maximum atomic E-state index is 10.8. The van der Waals surface area contributed by atoms with Crippen LogP contribution in [0.5, 0.6) is 0 Å². The van der Waals surface area contributed by atoms with Crippen molar-refractivity contribution in [2.24, 2.45) is 0 Å². The van der Waals surface area contributed by atoms with Gasteiger partial charge in [-0.05, 0) is 19.8 Å². The predicted molar refractivity (Wildman–Crippen MR) is 50.3 cm³/mol. The molecule has 0 heterocycles. The molecule has 0 saturated carbocycles. The normalized spacial score (nSPS) is 10.3. The summed E-state index contributed by atoms with van der Waals surface area (Å²) in [6.07, 6.45) is 5.57. The first kappa shape index (κ1) is 11.9. The lowest BCUT2D eigenvalue weighted by atomic mass is 10.3. The maximum Gasteiger partial charge on any atom is 0.313 e. The second-order valence-corrected chi connectivity index (χ2v) is 2.77. The second-order valence-electron chi connectivity index (χ2n) is 2.77. The molecular weight excluding hydrogens is 168 g/mol. The molecule has 3 nitrogen and oxygen atoms in total. The number of rotatable bonds is 6. The van der Waals surface area contributed by atoms with Crippen molar-refractivity contribution in [3.8, 4) is 0 Å². The highest BCUT2D eigenvalue weighted by Crippen LogP contribution is 1.92. The highest BCUT2D eigenvalue weighted by Gasteiger charge is 2.04. The number of ether oxygens (including phenoxy) is 1. The molecule has 0 spiro atoms. The highest BCUT2D eigenvalue weighted by atomic mass is 16.5. The van der Waals surface area contributed by atoms with Crippen LogP contribution in [0.2, 0.25) is 0 Å². The molecule has 0 saturated heterocycles. The number of ketones is 1. The van der Waals surface area contributed by atoms with Gasteiger partial charge in [0, 0.05) is 0 Å². The summed E-state index contributed by atoms with van der Waals surface area (Å²) in [6.45, 7) is 3.78. The average Bonchev–Trinajstić information content (AvgIpc) is 2.02. The number of carbonyl (C=O) groups is 2. The molecule has 0 N–H and O–H groups in total. The number of carbonyl (C=O) groups excluding carboxylic acids is 2. The summed E-state index contributed by atoms with van der Waals surface area (Å²) < 4.78 is 4.79. The molecule has 0 aliphatic rings. The molecule has 0 rings (SSSR count). The van der Waals surface area contributed by atoms with Crippen LogP contribution in [-0.4, -0.2) is 18.4 Å². The third kappa shape index (κ3) is 8.79. The van der Waals surface area contributed by atoms with Crippen LogP contribution in [0.4, 0.5) is 0 Å². The van der Waals surface area contributed by atoms with Gasteiger partial charge in [-0.25, -0.2) is 0 Å². The highest BCUT2D eigenvalue weighted by molar-refractivity contribution is 5.94. The van der Waals surface area contributed by atoms with E-state index in [1.807, 2.05) is 19.1 Å². The van der Waals surface area contributed by atoms with Gasteiger partial charge in [0.1, 0.15) is 12.2 Å². The maximum absolute atomic E-state index is 10.8. The zero-order valence-electron chi connectivity index (χ0n) is 8.21. The predicted octanol–water partition coefficient (Wildman–Crippen LogP) is 1.86. The van der Waals surface area contributed by atoms with E-state index in [1.165, 1.54) is 6.92 Å². The van der Waals surface area contributed by atoms with E-state index in [2.05, 4.69) is 0 Å². The molecule has 74 valence electrons. The molecule has 13 heavy (non-hydrogen) atoms. The quantitative estimate of drug-likeness (QED) is 0.274. The Morgan fingerprint density at radius 2 is 2.00 bits per heavy atom. The van der Waals surface area contributed by atoms with Crippen LogP contribution in [0, 0.1) is 0 Å². The lowest BCUT2D eigenvalue weighted by Gasteiger charge is -1.99. The van der Waals surface area contributed by atoms with Crippen LogP contribution in [0.1, 0.15) is 33.1 Å². The molecule has 0 aromatic carbocycles. The summed E-state index contributed by atoms with van der Waals surface area (Å²) in [5.41, 5.74) is 0. The van der Waals surface area contributed by atoms with E-state index in [-0.39, 0.29) is 12.2 Å². The van der Waals surface area contributed by atoms with E-state index in [0.717, 1.165) is 12.8 Å². The van der Waals surface area contributed by atoms with Crippen LogP contribution in [0.3, 0.4) is 0 Å². The van der Waals surface area contributed by atoms with Crippen LogP contribution in [0.25, 0.3) is 0 Å². The fourth-order valence-corrected chi connectivity index (χ4v) is 0.780. The van der Waals surface area contributed by atoms with Crippen molar-refractivity contribution in [2.75, 3.05) is 6.61 Å². The smallest absolute Gasteiger partial charge is 0.313 e. The van der Waals surface area contributed by atoms with Crippen molar-refractivity contribution in [3.05, 3.63) is 12.2 Å². The van der Waals surface area contributed by atoms with E-state index in [0.29, 0.717) is 6.61 Å². The molecular formula is C10H16O3. The molecule has 0 fully saturated rings. The second kappa shape index (κ2) is 7.53. The van der Waals surface area contributed by atoms with Crippen LogP contribution in [0.15, 0.2) is 12.2 Å². The van der Waals surface area contributed by atoms with Gasteiger partial charge in [0.2, 0.25) is 0 Å². The van der Waals surface area contributed by atoms with Gasteiger partial charge in [-0.15, -0.1) is 0 Å². The fourth-order valence-electron chi connectivity index (χ4n) is 0.780. The first-order valence-corrected chi connectivity index (χ1v) is 4.47. The van der Waals surface area contributed by atoms with Gasteiger partial charge in [0.05, 0.1) is 6.61 Å². The Kier molecular flexibility index (Phi) is 6.88. The Morgan fingerprint density at radius 3 is 2.54 bits per heavy atom. The molecule has 0 bridgehead atoms. The van der Waals surface area contributed by atoms with E-state index in [1.54, 1.807) is 0 Å². The first-order chi connectivity index (χ1) is 6.16. The van der Waals surface area contributed by atoms with Crippen LogP contribution in [-0.2, 0) is 14.3 Å². The Bertz CT molecular complexity index is 194. The zero-order valence-corrected chi connectivity index (χ0v) is 8.21. The number of hydrogen-bond donors (Lipinski definition) is 0. The minimum atomic E-state index is -0.433. The monoisotopic (exact) mass is 184 g/mol. The van der Waals surface area contributed by atoms with Crippen molar-refractivity contribution in [1.29, 1.82) is 0 Å². The van der Waals surface area contributed by atoms with Gasteiger partial charge in [-0.2, -0.15) is 0 Å². The third-order valence-electron chi connectivity index (χ3n) is 1.34. The Balaban J connectivity index is 3.37.